The topological polar surface area (TPSA) is 92.6 Å². The molecule has 1 amide bonds. The average molecular weight is 534 g/mol. The molecule has 0 saturated carbocycles. The number of Topliss-reactive ketones (excluding diaryl/α,β-unsaturated/α-hetero) is 1. The highest BCUT2D eigenvalue weighted by Gasteiger charge is 2.48. The standard InChI is InChI=1S/C31H23N3O4S/c1-19-10-11-24-25(16-19)39-31(33-24)34-27(26(29(36)30(34)37)28(35)21-12-14-32-15-13-21)22-8-5-9-23(17-22)38-18-20-6-3-2-4-7-20/h2-17,27,35H,18H2,1H3/b28-26+. The lowest BCUT2D eigenvalue weighted by atomic mass is 9.95. The number of ketones is 1. The molecule has 1 unspecified atom stereocenters. The molecule has 1 aliphatic heterocycles. The Morgan fingerprint density at radius 2 is 1.77 bits per heavy atom. The first-order chi connectivity index (χ1) is 19.0. The fourth-order valence-electron chi connectivity index (χ4n) is 4.65. The SMILES string of the molecule is Cc1ccc2nc(N3C(=O)C(=O)/C(=C(/O)c4ccncc4)C3c3cccc(OCc4ccccc4)c3)sc2c1. The molecule has 3 aromatic carbocycles. The number of pyridine rings is 1. The highest BCUT2D eigenvalue weighted by atomic mass is 32.1. The number of rotatable bonds is 6. The first-order valence-corrected chi connectivity index (χ1v) is 13.2. The lowest BCUT2D eigenvalue weighted by molar-refractivity contribution is -0.132. The second-order valence-corrected chi connectivity index (χ2v) is 10.2. The predicted octanol–water partition coefficient (Wildman–Crippen LogP) is 6.21. The third-order valence-corrected chi connectivity index (χ3v) is 7.58. The molecule has 8 heteroatoms. The van der Waals surface area contributed by atoms with Crippen molar-refractivity contribution in [2.75, 3.05) is 4.90 Å². The van der Waals surface area contributed by atoms with Crippen LogP contribution in [0.3, 0.4) is 0 Å². The number of carbonyl (C=O) groups is 2. The van der Waals surface area contributed by atoms with Crippen LogP contribution in [-0.2, 0) is 16.2 Å². The number of hydrogen-bond donors (Lipinski definition) is 1. The van der Waals surface area contributed by atoms with E-state index in [0.717, 1.165) is 21.3 Å². The molecule has 0 radical (unpaired) electrons. The Bertz CT molecular complexity index is 1730. The molecule has 1 aliphatic rings. The molecule has 0 spiro atoms. The number of nitrogens with zero attached hydrogens (tertiary/aromatic N) is 3. The fourth-order valence-corrected chi connectivity index (χ4v) is 5.74. The van der Waals surface area contributed by atoms with Crippen molar-refractivity contribution in [2.24, 2.45) is 0 Å². The van der Waals surface area contributed by atoms with Gasteiger partial charge in [-0.15, -0.1) is 0 Å². The van der Waals surface area contributed by atoms with E-state index in [0.29, 0.717) is 28.6 Å². The molecule has 6 rings (SSSR count). The van der Waals surface area contributed by atoms with Crippen LogP contribution in [0, 0.1) is 6.92 Å². The van der Waals surface area contributed by atoms with Crippen LogP contribution in [0.25, 0.3) is 16.0 Å². The Labute approximate surface area is 228 Å². The number of anilines is 1. The second-order valence-electron chi connectivity index (χ2n) is 9.22. The van der Waals surface area contributed by atoms with Gasteiger partial charge in [-0.3, -0.25) is 19.5 Å². The summed E-state index contributed by atoms with van der Waals surface area (Å²) in [6.07, 6.45) is 3.04. The minimum atomic E-state index is -0.903. The molecule has 192 valence electrons. The lowest BCUT2D eigenvalue weighted by Crippen LogP contribution is -2.29. The Morgan fingerprint density at radius 1 is 0.974 bits per heavy atom. The van der Waals surface area contributed by atoms with Gasteiger partial charge in [-0.05, 0) is 60.0 Å². The van der Waals surface area contributed by atoms with Gasteiger partial charge in [-0.1, -0.05) is 59.9 Å². The second kappa shape index (κ2) is 10.2. The first-order valence-electron chi connectivity index (χ1n) is 12.3. The van der Waals surface area contributed by atoms with Gasteiger partial charge < -0.3 is 9.84 Å². The maximum absolute atomic E-state index is 13.5. The minimum absolute atomic E-state index is 0.0122. The summed E-state index contributed by atoms with van der Waals surface area (Å²) in [6, 6.07) is 25.2. The number of carbonyl (C=O) groups excluding carboxylic acids is 2. The molecule has 3 heterocycles. The third kappa shape index (κ3) is 4.66. The summed E-state index contributed by atoms with van der Waals surface area (Å²) in [4.78, 5) is 37.1. The molecular formula is C31H23N3O4S. The Balaban J connectivity index is 1.47. The molecule has 7 nitrogen and oxygen atoms in total. The van der Waals surface area contributed by atoms with Crippen molar-refractivity contribution < 1.29 is 19.4 Å². The van der Waals surface area contributed by atoms with Crippen LogP contribution in [0.1, 0.15) is 28.3 Å². The van der Waals surface area contributed by atoms with Crippen molar-refractivity contribution in [1.82, 2.24) is 9.97 Å². The summed E-state index contributed by atoms with van der Waals surface area (Å²) in [7, 11) is 0. The van der Waals surface area contributed by atoms with Gasteiger partial charge in [-0.25, -0.2) is 4.98 Å². The van der Waals surface area contributed by atoms with Crippen LogP contribution in [0.5, 0.6) is 5.75 Å². The number of aryl methyl sites for hydroxylation is 1. The molecule has 2 aromatic heterocycles. The van der Waals surface area contributed by atoms with Gasteiger partial charge in [0.2, 0.25) is 0 Å². The van der Waals surface area contributed by atoms with E-state index in [1.165, 1.54) is 28.6 Å². The Kier molecular flexibility index (Phi) is 6.38. The van der Waals surface area contributed by atoms with Gasteiger partial charge in [0.15, 0.2) is 5.13 Å². The first kappa shape index (κ1) is 24.5. The van der Waals surface area contributed by atoms with Gasteiger partial charge in [0.1, 0.15) is 18.1 Å². The molecule has 1 saturated heterocycles. The predicted molar refractivity (Wildman–Crippen MR) is 151 cm³/mol. The number of amides is 1. The van der Waals surface area contributed by atoms with Crippen molar-refractivity contribution in [2.45, 2.75) is 19.6 Å². The van der Waals surface area contributed by atoms with E-state index in [1.807, 2.05) is 73.7 Å². The third-order valence-electron chi connectivity index (χ3n) is 6.56. The molecule has 1 N–H and O–H groups in total. The van der Waals surface area contributed by atoms with Crippen LogP contribution in [0.15, 0.2) is 103 Å². The fraction of sp³-hybridized carbons (Fsp3) is 0.0968. The number of aromatic nitrogens is 2. The maximum atomic E-state index is 13.5. The number of aliphatic hydroxyl groups is 1. The highest BCUT2D eigenvalue weighted by Crippen LogP contribution is 2.44. The zero-order valence-electron chi connectivity index (χ0n) is 20.9. The van der Waals surface area contributed by atoms with E-state index in [4.69, 9.17) is 4.74 Å². The van der Waals surface area contributed by atoms with Crippen molar-refractivity contribution in [3.05, 3.63) is 125 Å². The quantitative estimate of drug-likeness (QED) is 0.159. The van der Waals surface area contributed by atoms with E-state index < -0.39 is 17.7 Å². The average Bonchev–Trinajstić information content (AvgIpc) is 3.50. The van der Waals surface area contributed by atoms with Gasteiger partial charge >= 0.3 is 5.91 Å². The number of benzene rings is 3. The Morgan fingerprint density at radius 3 is 2.56 bits per heavy atom. The summed E-state index contributed by atoms with van der Waals surface area (Å²) in [5.74, 6) is -1.22. The van der Waals surface area contributed by atoms with Crippen molar-refractivity contribution >= 4 is 44.1 Å². The number of aliphatic hydroxyl groups excluding tert-OH is 1. The molecule has 0 bridgehead atoms. The van der Waals surface area contributed by atoms with Crippen molar-refractivity contribution in [1.29, 1.82) is 0 Å². The summed E-state index contributed by atoms with van der Waals surface area (Å²) >= 11 is 1.33. The summed E-state index contributed by atoms with van der Waals surface area (Å²) in [5.41, 5.74) is 3.81. The van der Waals surface area contributed by atoms with Crippen LogP contribution < -0.4 is 9.64 Å². The number of ether oxygens (including phenoxy) is 1. The van der Waals surface area contributed by atoms with E-state index in [9.17, 15) is 14.7 Å². The monoisotopic (exact) mass is 533 g/mol. The normalized spacial score (nSPS) is 16.6. The molecule has 0 aliphatic carbocycles. The minimum Gasteiger partial charge on any atom is -0.507 e. The number of hydrogen-bond acceptors (Lipinski definition) is 7. The zero-order chi connectivity index (χ0) is 26.9. The van der Waals surface area contributed by atoms with E-state index in [1.54, 1.807) is 18.2 Å². The lowest BCUT2D eigenvalue weighted by Gasteiger charge is -2.23. The summed E-state index contributed by atoms with van der Waals surface area (Å²) in [6.45, 7) is 2.35. The number of thiazole rings is 1. The van der Waals surface area contributed by atoms with Gasteiger partial charge in [-0.2, -0.15) is 0 Å². The van der Waals surface area contributed by atoms with Crippen LogP contribution >= 0.6 is 11.3 Å². The summed E-state index contributed by atoms with van der Waals surface area (Å²) in [5, 5.41) is 11.7. The molecule has 1 fully saturated rings. The van der Waals surface area contributed by atoms with E-state index in [-0.39, 0.29) is 11.3 Å². The highest BCUT2D eigenvalue weighted by molar-refractivity contribution is 7.22. The molecular weight excluding hydrogens is 510 g/mol. The van der Waals surface area contributed by atoms with Gasteiger partial charge in [0.25, 0.3) is 5.78 Å². The van der Waals surface area contributed by atoms with Crippen LogP contribution in [0.4, 0.5) is 5.13 Å². The van der Waals surface area contributed by atoms with Crippen molar-refractivity contribution in [3.63, 3.8) is 0 Å². The molecule has 5 aromatic rings. The smallest absolute Gasteiger partial charge is 0.301 e. The van der Waals surface area contributed by atoms with Crippen LogP contribution in [0.2, 0.25) is 0 Å². The van der Waals surface area contributed by atoms with Gasteiger partial charge in [0, 0.05) is 18.0 Å². The van der Waals surface area contributed by atoms with Gasteiger partial charge in [0.05, 0.1) is 21.8 Å². The molecule has 1 atom stereocenters. The largest absolute Gasteiger partial charge is 0.507 e. The maximum Gasteiger partial charge on any atom is 0.301 e. The van der Waals surface area contributed by atoms with E-state index >= 15 is 0 Å². The summed E-state index contributed by atoms with van der Waals surface area (Å²) < 4.78 is 6.94. The van der Waals surface area contributed by atoms with E-state index in [2.05, 4.69) is 9.97 Å². The van der Waals surface area contributed by atoms with Crippen molar-refractivity contribution in [3.8, 4) is 5.75 Å². The number of fused-ring (bicyclic) bond motifs is 1. The van der Waals surface area contributed by atoms with Crippen LogP contribution in [-0.4, -0.2) is 26.8 Å². The zero-order valence-corrected chi connectivity index (χ0v) is 21.8. The molecule has 39 heavy (non-hydrogen) atoms. The Hall–Kier alpha value is -4.82.